The lowest BCUT2D eigenvalue weighted by Gasteiger charge is -2.36. The largest absolute Gasteiger partial charge is 0.494 e. The molecule has 2 aliphatic heterocycles. The van der Waals surface area contributed by atoms with Gasteiger partial charge in [0.2, 0.25) is 0 Å². The Hall–Kier alpha value is -3.89. The number of pyridine rings is 1. The molecule has 0 atom stereocenters. The van der Waals surface area contributed by atoms with E-state index in [1.165, 1.54) is 21.8 Å². The first-order valence-electron chi connectivity index (χ1n) is 12.7. The minimum atomic E-state index is -0.856. The summed E-state index contributed by atoms with van der Waals surface area (Å²) in [5.41, 5.74) is 1.00. The minimum absolute atomic E-state index is 0.173. The number of aromatic nitrogens is 1. The maximum Gasteiger partial charge on any atom is 0.344 e. The molecule has 0 spiro atoms. The van der Waals surface area contributed by atoms with Gasteiger partial charge in [-0.25, -0.2) is 4.79 Å². The molecule has 0 saturated carbocycles. The monoisotopic (exact) mass is 533 g/mol. The van der Waals surface area contributed by atoms with E-state index in [2.05, 4.69) is 39.4 Å². The summed E-state index contributed by atoms with van der Waals surface area (Å²) in [5.74, 6) is -1.28. The SMILES string of the molecule is O=C1CC(=O)On2c(=O)c(cc3ccc(OCCCCN4CCN(c5cccc6sccc56)CC4)cc32)O1. The highest BCUT2D eigenvalue weighted by Gasteiger charge is 2.24. The Kier molecular flexibility index (Phi) is 6.73. The number of piperazine rings is 1. The Labute approximate surface area is 222 Å². The Balaban J connectivity index is 1.01. The number of hydrogen-bond donors (Lipinski definition) is 0. The van der Waals surface area contributed by atoms with Gasteiger partial charge in [-0.15, -0.1) is 16.1 Å². The third-order valence-corrected chi connectivity index (χ3v) is 7.81. The van der Waals surface area contributed by atoms with E-state index < -0.39 is 23.9 Å². The van der Waals surface area contributed by atoms with E-state index in [-0.39, 0.29) is 5.75 Å². The second-order valence-corrected chi connectivity index (χ2v) is 10.4. The smallest absolute Gasteiger partial charge is 0.344 e. The molecule has 0 radical (unpaired) electrons. The number of thiophene rings is 1. The Bertz CT molecular complexity index is 1570. The van der Waals surface area contributed by atoms with Crippen LogP contribution in [0, 0.1) is 0 Å². The van der Waals surface area contributed by atoms with Gasteiger partial charge in [0.15, 0.2) is 5.75 Å². The molecule has 0 aliphatic carbocycles. The van der Waals surface area contributed by atoms with Gasteiger partial charge in [-0.1, -0.05) is 6.07 Å². The number of ether oxygens (including phenoxy) is 2. The number of carbonyl (C=O) groups is 2. The molecule has 2 aliphatic rings. The summed E-state index contributed by atoms with van der Waals surface area (Å²) >= 11 is 1.79. The molecule has 0 amide bonds. The predicted octanol–water partition coefficient (Wildman–Crippen LogP) is 3.46. The Morgan fingerprint density at radius 1 is 0.921 bits per heavy atom. The third-order valence-electron chi connectivity index (χ3n) is 6.93. The van der Waals surface area contributed by atoms with Crippen molar-refractivity contribution in [3.8, 4) is 11.5 Å². The number of benzene rings is 2. The lowest BCUT2D eigenvalue weighted by atomic mass is 10.2. The standard InChI is InChI=1S/C28H27N3O6S/c32-26-18-27(33)37-31-23-17-20(7-6-19(23)16-24(36-26)28(31)34)35-14-2-1-9-29-10-12-30(13-11-29)22-4-3-5-25-21(22)8-15-38-25/h3-8,15-17H,1-2,9-14,18H2. The van der Waals surface area contributed by atoms with Crippen molar-refractivity contribution in [2.45, 2.75) is 19.3 Å². The number of rotatable bonds is 7. The van der Waals surface area contributed by atoms with Crippen LogP contribution in [-0.4, -0.2) is 60.9 Å². The normalized spacial score (nSPS) is 16.3. The van der Waals surface area contributed by atoms with Crippen LogP contribution in [0.1, 0.15) is 19.3 Å². The van der Waals surface area contributed by atoms with Gasteiger partial charge in [-0.3, -0.25) is 14.5 Å². The van der Waals surface area contributed by atoms with E-state index in [0.29, 0.717) is 23.3 Å². The molecule has 4 heterocycles. The summed E-state index contributed by atoms with van der Waals surface area (Å²) in [6.07, 6.45) is 1.35. The predicted molar refractivity (Wildman–Crippen MR) is 145 cm³/mol. The van der Waals surface area contributed by atoms with Crippen molar-refractivity contribution < 1.29 is 23.9 Å². The van der Waals surface area contributed by atoms with Crippen LogP contribution in [0.2, 0.25) is 0 Å². The number of hydrogen-bond acceptors (Lipinski definition) is 9. The van der Waals surface area contributed by atoms with Gasteiger partial charge in [0.1, 0.15) is 12.2 Å². The summed E-state index contributed by atoms with van der Waals surface area (Å²) in [4.78, 5) is 46.3. The van der Waals surface area contributed by atoms with E-state index in [1.807, 2.05) is 0 Å². The topological polar surface area (TPSA) is 90.3 Å². The van der Waals surface area contributed by atoms with Crippen molar-refractivity contribution in [2.75, 3.05) is 44.2 Å². The molecule has 2 aromatic carbocycles. The van der Waals surface area contributed by atoms with Gasteiger partial charge in [0, 0.05) is 53.4 Å². The van der Waals surface area contributed by atoms with Crippen LogP contribution in [-0.2, 0) is 9.59 Å². The summed E-state index contributed by atoms with van der Waals surface area (Å²) in [7, 11) is 0. The van der Waals surface area contributed by atoms with Crippen molar-refractivity contribution in [1.82, 2.24) is 9.63 Å². The molecular formula is C28H27N3O6S. The fraction of sp³-hybridized carbons (Fsp3) is 0.321. The number of carbonyl (C=O) groups excluding carboxylic acids is 2. The molecule has 1 saturated heterocycles. The highest BCUT2D eigenvalue weighted by Crippen LogP contribution is 2.31. The molecule has 2 bridgehead atoms. The maximum absolute atomic E-state index is 12.6. The van der Waals surface area contributed by atoms with Crippen molar-refractivity contribution >= 4 is 50.0 Å². The fourth-order valence-corrected chi connectivity index (χ4v) is 5.80. The molecule has 9 nitrogen and oxygen atoms in total. The average Bonchev–Trinajstić information content (AvgIpc) is 3.40. The molecule has 0 unspecified atom stereocenters. The second kappa shape index (κ2) is 10.5. The highest BCUT2D eigenvalue weighted by molar-refractivity contribution is 7.17. The lowest BCUT2D eigenvalue weighted by molar-refractivity contribution is -0.151. The molecule has 196 valence electrons. The molecule has 1 fully saturated rings. The zero-order valence-corrected chi connectivity index (χ0v) is 21.6. The summed E-state index contributed by atoms with van der Waals surface area (Å²) < 4.78 is 13.1. The van der Waals surface area contributed by atoms with Crippen molar-refractivity contribution in [1.29, 1.82) is 0 Å². The maximum atomic E-state index is 12.6. The minimum Gasteiger partial charge on any atom is -0.494 e. The van der Waals surface area contributed by atoms with Crippen molar-refractivity contribution in [2.24, 2.45) is 0 Å². The molecule has 38 heavy (non-hydrogen) atoms. The average molecular weight is 534 g/mol. The van der Waals surface area contributed by atoms with Gasteiger partial charge in [-0.2, -0.15) is 0 Å². The van der Waals surface area contributed by atoms with Crippen molar-refractivity contribution in [3.63, 3.8) is 0 Å². The number of esters is 1. The third kappa shape index (κ3) is 4.97. The van der Waals surface area contributed by atoms with Gasteiger partial charge >= 0.3 is 17.5 Å². The van der Waals surface area contributed by atoms with Gasteiger partial charge in [-0.05, 0) is 61.2 Å². The van der Waals surface area contributed by atoms with Crippen LogP contribution in [0.25, 0.3) is 21.0 Å². The van der Waals surface area contributed by atoms with E-state index in [4.69, 9.17) is 14.3 Å². The fourth-order valence-electron chi connectivity index (χ4n) is 4.99. The van der Waals surface area contributed by atoms with Crippen molar-refractivity contribution in [3.05, 3.63) is 64.3 Å². The Morgan fingerprint density at radius 2 is 1.79 bits per heavy atom. The number of fused-ring (bicyclic) bond motifs is 5. The van der Waals surface area contributed by atoms with Crippen LogP contribution >= 0.6 is 11.3 Å². The molecule has 0 N–H and O–H groups in total. The van der Waals surface area contributed by atoms with Crippen LogP contribution in [0.5, 0.6) is 11.5 Å². The van der Waals surface area contributed by atoms with E-state index >= 15 is 0 Å². The zero-order chi connectivity index (χ0) is 26.1. The summed E-state index contributed by atoms with van der Waals surface area (Å²) in [6, 6.07) is 15.4. The quantitative estimate of drug-likeness (QED) is 0.203. The first-order valence-corrected chi connectivity index (χ1v) is 13.6. The Morgan fingerprint density at radius 3 is 2.66 bits per heavy atom. The highest BCUT2D eigenvalue weighted by atomic mass is 32.1. The van der Waals surface area contributed by atoms with Gasteiger partial charge in [0.05, 0.1) is 12.1 Å². The van der Waals surface area contributed by atoms with Gasteiger partial charge < -0.3 is 19.2 Å². The summed E-state index contributed by atoms with van der Waals surface area (Å²) in [5, 5.41) is 4.09. The number of anilines is 1. The molecule has 4 aromatic rings. The zero-order valence-electron chi connectivity index (χ0n) is 20.8. The van der Waals surface area contributed by atoms with E-state index in [9.17, 15) is 14.4 Å². The number of unbranched alkanes of at least 4 members (excludes halogenated alkanes) is 1. The molecular weight excluding hydrogens is 506 g/mol. The lowest BCUT2D eigenvalue weighted by Crippen LogP contribution is -2.46. The second-order valence-electron chi connectivity index (χ2n) is 9.44. The van der Waals surface area contributed by atoms with E-state index in [1.54, 1.807) is 29.5 Å². The van der Waals surface area contributed by atoms with Crippen LogP contribution in [0.15, 0.2) is 58.7 Å². The van der Waals surface area contributed by atoms with Gasteiger partial charge in [0.25, 0.3) is 0 Å². The molecule has 2 aromatic heterocycles. The van der Waals surface area contributed by atoms with Crippen LogP contribution in [0.3, 0.4) is 0 Å². The number of nitrogens with zero attached hydrogens (tertiary/aromatic N) is 3. The van der Waals surface area contributed by atoms with Crippen LogP contribution in [0.4, 0.5) is 5.69 Å². The van der Waals surface area contributed by atoms with E-state index in [0.717, 1.165) is 50.3 Å². The summed E-state index contributed by atoms with van der Waals surface area (Å²) in [6.45, 7) is 5.69. The first kappa shape index (κ1) is 24.4. The first-order chi connectivity index (χ1) is 18.5. The molecule has 6 rings (SSSR count). The van der Waals surface area contributed by atoms with Crippen LogP contribution < -0.4 is 24.8 Å². The molecule has 10 heteroatoms.